The molecule has 0 bridgehead atoms. The van der Waals surface area contributed by atoms with Crippen LogP contribution in [0.1, 0.15) is 12.8 Å². The predicted molar refractivity (Wildman–Crippen MR) is 63.7 cm³/mol. The third-order valence-corrected chi connectivity index (χ3v) is 2.74. The standard InChI is InChI=1S/C11H13BrN2O/c12-6-1-2-9-15-11-4-3-8-14-10(11)5-7-13-14/h3-5,7-8H,1-2,6,9H2. The maximum atomic E-state index is 5.70. The Morgan fingerprint density at radius 1 is 1.33 bits per heavy atom. The van der Waals surface area contributed by atoms with Crippen LogP contribution in [0.4, 0.5) is 0 Å². The van der Waals surface area contributed by atoms with Gasteiger partial charge in [0.2, 0.25) is 0 Å². The molecule has 0 aromatic carbocycles. The van der Waals surface area contributed by atoms with E-state index in [-0.39, 0.29) is 0 Å². The van der Waals surface area contributed by atoms with Crippen molar-refractivity contribution in [1.82, 2.24) is 9.61 Å². The number of ether oxygens (including phenoxy) is 1. The van der Waals surface area contributed by atoms with Gasteiger partial charge in [0.25, 0.3) is 0 Å². The molecule has 0 unspecified atom stereocenters. The second-order valence-corrected chi connectivity index (χ2v) is 4.07. The fourth-order valence-corrected chi connectivity index (χ4v) is 1.82. The Balaban J connectivity index is 2.04. The number of hydrogen-bond donors (Lipinski definition) is 0. The van der Waals surface area contributed by atoms with Crippen molar-refractivity contribution < 1.29 is 4.74 Å². The van der Waals surface area contributed by atoms with E-state index in [9.17, 15) is 0 Å². The Kier molecular flexibility index (Phi) is 3.61. The van der Waals surface area contributed by atoms with Crippen LogP contribution in [0.2, 0.25) is 0 Å². The largest absolute Gasteiger partial charge is 0.491 e. The Labute approximate surface area is 97.2 Å². The Morgan fingerprint density at radius 2 is 2.27 bits per heavy atom. The van der Waals surface area contributed by atoms with Gasteiger partial charge in [-0.2, -0.15) is 5.10 Å². The first kappa shape index (κ1) is 10.5. The number of nitrogens with zero attached hydrogens (tertiary/aromatic N) is 2. The van der Waals surface area contributed by atoms with Crippen LogP contribution >= 0.6 is 15.9 Å². The topological polar surface area (TPSA) is 26.5 Å². The van der Waals surface area contributed by atoms with Gasteiger partial charge in [0.05, 0.1) is 12.8 Å². The Bertz CT molecular complexity index is 427. The lowest BCUT2D eigenvalue weighted by atomic mass is 10.3. The molecule has 0 aliphatic rings. The summed E-state index contributed by atoms with van der Waals surface area (Å²) in [4.78, 5) is 0. The molecule has 0 fully saturated rings. The molecular weight excluding hydrogens is 256 g/mol. The highest BCUT2D eigenvalue weighted by Crippen LogP contribution is 2.18. The van der Waals surface area contributed by atoms with Crippen LogP contribution in [0, 0.1) is 0 Å². The van der Waals surface area contributed by atoms with Crippen LogP contribution < -0.4 is 4.74 Å². The summed E-state index contributed by atoms with van der Waals surface area (Å²) < 4.78 is 7.52. The van der Waals surface area contributed by atoms with Gasteiger partial charge in [-0.1, -0.05) is 15.9 Å². The minimum Gasteiger partial charge on any atom is -0.491 e. The first-order valence-corrected chi connectivity index (χ1v) is 6.15. The molecule has 0 N–H and O–H groups in total. The maximum Gasteiger partial charge on any atom is 0.145 e. The van der Waals surface area contributed by atoms with Crippen LogP contribution in [-0.4, -0.2) is 21.6 Å². The van der Waals surface area contributed by atoms with E-state index in [2.05, 4.69) is 21.0 Å². The van der Waals surface area contributed by atoms with Crippen molar-refractivity contribution in [1.29, 1.82) is 0 Å². The summed E-state index contributed by atoms with van der Waals surface area (Å²) in [6.07, 6.45) is 5.91. The van der Waals surface area contributed by atoms with Crippen molar-refractivity contribution in [3.63, 3.8) is 0 Å². The van der Waals surface area contributed by atoms with Crippen LogP contribution in [0.5, 0.6) is 5.75 Å². The smallest absolute Gasteiger partial charge is 0.145 e. The molecule has 4 heteroatoms. The third-order valence-electron chi connectivity index (χ3n) is 2.18. The van der Waals surface area contributed by atoms with Crippen molar-refractivity contribution >= 4 is 21.4 Å². The quantitative estimate of drug-likeness (QED) is 0.616. The van der Waals surface area contributed by atoms with E-state index in [1.165, 1.54) is 0 Å². The molecule has 2 rings (SSSR count). The van der Waals surface area contributed by atoms with Crippen LogP contribution in [0.25, 0.3) is 5.52 Å². The van der Waals surface area contributed by atoms with E-state index in [0.717, 1.165) is 36.0 Å². The molecule has 80 valence electrons. The van der Waals surface area contributed by atoms with Gasteiger partial charge in [-0.3, -0.25) is 0 Å². The Morgan fingerprint density at radius 3 is 3.13 bits per heavy atom. The molecular formula is C11H13BrN2O. The SMILES string of the molecule is BrCCCCOc1cccn2nccc12. The van der Waals surface area contributed by atoms with E-state index in [0.29, 0.717) is 0 Å². The molecule has 0 spiro atoms. The summed E-state index contributed by atoms with van der Waals surface area (Å²) in [6, 6.07) is 5.88. The Hall–Kier alpha value is -1.03. The second-order valence-electron chi connectivity index (χ2n) is 3.28. The van der Waals surface area contributed by atoms with E-state index in [4.69, 9.17) is 4.74 Å². The van der Waals surface area contributed by atoms with Gasteiger partial charge in [0.1, 0.15) is 11.3 Å². The molecule has 2 aromatic rings. The van der Waals surface area contributed by atoms with Gasteiger partial charge in [0.15, 0.2) is 0 Å². The molecule has 0 saturated carbocycles. The highest BCUT2D eigenvalue weighted by molar-refractivity contribution is 9.09. The van der Waals surface area contributed by atoms with Crippen molar-refractivity contribution in [2.24, 2.45) is 0 Å². The fourth-order valence-electron chi connectivity index (χ4n) is 1.43. The lowest BCUT2D eigenvalue weighted by Gasteiger charge is -2.06. The maximum absolute atomic E-state index is 5.70. The summed E-state index contributed by atoms with van der Waals surface area (Å²) in [7, 11) is 0. The van der Waals surface area contributed by atoms with Crippen LogP contribution in [0.3, 0.4) is 0 Å². The summed E-state index contributed by atoms with van der Waals surface area (Å²) in [6.45, 7) is 0.760. The highest BCUT2D eigenvalue weighted by atomic mass is 79.9. The zero-order valence-corrected chi connectivity index (χ0v) is 9.98. The molecule has 2 aromatic heterocycles. The van der Waals surface area contributed by atoms with E-state index >= 15 is 0 Å². The molecule has 0 aliphatic carbocycles. The van der Waals surface area contributed by atoms with Crippen molar-refractivity contribution in [3.05, 3.63) is 30.6 Å². The van der Waals surface area contributed by atoms with Crippen LogP contribution in [0.15, 0.2) is 30.6 Å². The summed E-state index contributed by atoms with van der Waals surface area (Å²) in [5.74, 6) is 0.907. The zero-order valence-electron chi connectivity index (χ0n) is 8.40. The van der Waals surface area contributed by atoms with Gasteiger partial charge >= 0.3 is 0 Å². The van der Waals surface area contributed by atoms with Crippen molar-refractivity contribution in [2.45, 2.75) is 12.8 Å². The first-order chi connectivity index (χ1) is 7.42. The van der Waals surface area contributed by atoms with Gasteiger partial charge in [-0.25, -0.2) is 4.52 Å². The summed E-state index contributed by atoms with van der Waals surface area (Å²) >= 11 is 3.40. The molecule has 0 saturated heterocycles. The molecule has 2 heterocycles. The van der Waals surface area contributed by atoms with Gasteiger partial charge in [-0.15, -0.1) is 0 Å². The number of alkyl halides is 1. The molecule has 3 nitrogen and oxygen atoms in total. The molecule has 0 aliphatic heterocycles. The molecule has 0 amide bonds. The lowest BCUT2D eigenvalue weighted by Crippen LogP contribution is -1.99. The van der Waals surface area contributed by atoms with E-state index < -0.39 is 0 Å². The summed E-state index contributed by atoms with van der Waals surface area (Å²) in [5, 5.41) is 5.19. The normalized spacial score (nSPS) is 10.7. The highest BCUT2D eigenvalue weighted by Gasteiger charge is 2.01. The summed E-state index contributed by atoms with van der Waals surface area (Å²) in [5.41, 5.74) is 1.02. The number of unbranched alkanes of at least 4 members (excludes halogenated alkanes) is 1. The third kappa shape index (κ3) is 2.50. The van der Waals surface area contributed by atoms with Crippen molar-refractivity contribution in [2.75, 3.05) is 11.9 Å². The van der Waals surface area contributed by atoms with E-state index in [1.54, 1.807) is 6.20 Å². The van der Waals surface area contributed by atoms with Gasteiger partial charge in [0, 0.05) is 11.5 Å². The van der Waals surface area contributed by atoms with Gasteiger partial charge in [-0.05, 0) is 31.0 Å². The second kappa shape index (κ2) is 5.16. The number of fused-ring (bicyclic) bond motifs is 1. The average molecular weight is 269 g/mol. The predicted octanol–water partition coefficient (Wildman–Crippen LogP) is 2.89. The number of rotatable bonds is 5. The van der Waals surface area contributed by atoms with Crippen LogP contribution in [-0.2, 0) is 0 Å². The number of aromatic nitrogens is 2. The lowest BCUT2D eigenvalue weighted by molar-refractivity contribution is 0.312. The average Bonchev–Trinajstić information content (AvgIpc) is 2.73. The number of hydrogen-bond acceptors (Lipinski definition) is 2. The molecule has 15 heavy (non-hydrogen) atoms. The molecule has 0 radical (unpaired) electrons. The van der Waals surface area contributed by atoms with Crippen molar-refractivity contribution in [3.8, 4) is 5.75 Å². The molecule has 0 atom stereocenters. The fraction of sp³-hybridized carbons (Fsp3) is 0.364. The van der Waals surface area contributed by atoms with E-state index in [1.807, 2.05) is 28.9 Å². The minimum atomic E-state index is 0.760. The number of halogens is 1. The monoisotopic (exact) mass is 268 g/mol. The van der Waals surface area contributed by atoms with Gasteiger partial charge < -0.3 is 4.74 Å². The minimum absolute atomic E-state index is 0.760. The first-order valence-electron chi connectivity index (χ1n) is 5.03. The zero-order chi connectivity index (χ0) is 10.5. The number of pyridine rings is 1.